The lowest BCUT2D eigenvalue weighted by Crippen LogP contribution is -2.33. The Morgan fingerprint density at radius 2 is 1.63 bits per heavy atom. The van der Waals surface area contributed by atoms with Gasteiger partial charge in [0.2, 0.25) is 5.91 Å². The Kier molecular flexibility index (Phi) is 6.05. The molecule has 0 unspecified atom stereocenters. The van der Waals surface area contributed by atoms with Gasteiger partial charge in [-0.3, -0.25) is 9.59 Å². The van der Waals surface area contributed by atoms with Crippen molar-refractivity contribution >= 4 is 11.8 Å². The van der Waals surface area contributed by atoms with Gasteiger partial charge >= 0.3 is 0 Å². The maximum atomic E-state index is 12.4. The molecule has 0 fully saturated rings. The van der Waals surface area contributed by atoms with Gasteiger partial charge in [-0.2, -0.15) is 0 Å². The molecule has 27 heavy (non-hydrogen) atoms. The maximum absolute atomic E-state index is 12.4. The monoisotopic (exact) mass is 362 g/mol. The van der Waals surface area contributed by atoms with Gasteiger partial charge < -0.3 is 15.1 Å². The molecule has 3 rings (SSSR count). The highest BCUT2D eigenvalue weighted by Crippen LogP contribution is 2.22. The summed E-state index contributed by atoms with van der Waals surface area (Å²) in [6, 6.07) is 20.9. The number of hydrogen-bond acceptors (Lipinski definition) is 3. The zero-order valence-electron chi connectivity index (χ0n) is 15.1. The van der Waals surface area contributed by atoms with Crippen LogP contribution in [0.15, 0.2) is 77.4 Å². The van der Waals surface area contributed by atoms with E-state index in [1.54, 1.807) is 12.1 Å². The van der Waals surface area contributed by atoms with Crippen molar-refractivity contribution in [3.05, 3.63) is 95.4 Å². The maximum Gasteiger partial charge on any atom is 0.286 e. The molecule has 2 N–H and O–H groups in total. The number of nitrogens with one attached hydrogen (secondary N) is 2. The lowest BCUT2D eigenvalue weighted by Gasteiger charge is -2.20. The van der Waals surface area contributed by atoms with Crippen LogP contribution in [0.5, 0.6) is 0 Å². The van der Waals surface area contributed by atoms with Crippen LogP contribution in [0.4, 0.5) is 0 Å². The highest BCUT2D eigenvalue weighted by Gasteiger charge is 2.17. The minimum Gasteiger partial charge on any atom is -0.459 e. The SMILES string of the molecule is Cc1ccc([C@H](NC(=O)CCNC(=O)c2ccco2)c2ccccc2)cc1. The van der Waals surface area contributed by atoms with Crippen LogP contribution in [0.1, 0.15) is 39.7 Å². The molecule has 1 heterocycles. The number of hydrogen-bond donors (Lipinski definition) is 2. The molecule has 0 aliphatic rings. The topological polar surface area (TPSA) is 71.3 Å². The first-order chi connectivity index (χ1) is 13.1. The van der Waals surface area contributed by atoms with Crippen LogP contribution in [0, 0.1) is 6.92 Å². The van der Waals surface area contributed by atoms with Crippen molar-refractivity contribution in [2.75, 3.05) is 6.54 Å². The van der Waals surface area contributed by atoms with Crippen LogP contribution in [-0.4, -0.2) is 18.4 Å². The fourth-order valence-electron chi connectivity index (χ4n) is 2.78. The summed E-state index contributed by atoms with van der Waals surface area (Å²) >= 11 is 0. The summed E-state index contributed by atoms with van der Waals surface area (Å²) in [5.41, 5.74) is 3.19. The summed E-state index contributed by atoms with van der Waals surface area (Å²) in [5.74, 6) is -0.229. The minimum absolute atomic E-state index is 0.135. The van der Waals surface area contributed by atoms with Crippen LogP contribution in [0.3, 0.4) is 0 Å². The average molecular weight is 362 g/mol. The predicted octanol–water partition coefficient (Wildman–Crippen LogP) is 3.61. The summed E-state index contributed by atoms with van der Waals surface area (Å²) in [6.07, 6.45) is 1.62. The molecule has 3 aromatic rings. The van der Waals surface area contributed by atoms with E-state index >= 15 is 0 Å². The molecule has 0 spiro atoms. The molecule has 0 saturated heterocycles. The second-order valence-corrected chi connectivity index (χ2v) is 6.31. The zero-order chi connectivity index (χ0) is 19.1. The van der Waals surface area contributed by atoms with Crippen LogP contribution in [-0.2, 0) is 4.79 Å². The van der Waals surface area contributed by atoms with Gasteiger partial charge in [-0.1, -0.05) is 60.2 Å². The molecule has 1 atom stereocenters. The van der Waals surface area contributed by atoms with Crippen molar-refractivity contribution in [3.63, 3.8) is 0 Å². The van der Waals surface area contributed by atoms with E-state index in [2.05, 4.69) is 10.6 Å². The number of benzene rings is 2. The molecule has 0 saturated carbocycles. The van der Waals surface area contributed by atoms with Crippen molar-refractivity contribution in [2.45, 2.75) is 19.4 Å². The number of aryl methyl sites for hydroxylation is 1. The van der Waals surface area contributed by atoms with E-state index in [0.717, 1.165) is 16.7 Å². The highest BCUT2D eigenvalue weighted by atomic mass is 16.3. The Bertz CT molecular complexity index is 872. The van der Waals surface area contributed by atoms with E-state index < -0.39 is 0 Å². The summed E-state index contributed by atoms with van der Waals surface area (Å²) < 4.78 is 5.03. The molecule has 0 aliphatic carbocycles. The quantitative estimate of drug-likeness (QED) is 0.674. The van der Waals surface area contributed by atoms with Crippen LogP contribution < -0.4 is 10.6 Å². The van der Waals surface area contributed by atoms with Gasteiger partial charge in [0.25, 0.3) is 5.91 Å². The van der Waals surface area contributed by atoms with E-state index in [1.165, 1.54) is 6.26 Å². The number of amides is 2. The number of furan rings is 1. The lowest BCUT2D eigenvalue weighted by atomic mass is 9.97. The smallest absolute Gasteiger partial charge is 0.286 e. The van der Waals surface area contributed by atoms with E-state index in [0.29, 0.717) is 0 Å². The van der Waals surface area contributed by atoms with Crippen LogP contribution >= 0.6 is 0 Å². The van der Waals surface area contributed by atoms with E-state index in [9.17, 15) is 9.59 Å². The van der Waals surface area contributed by atoms with Gasteiger partial charge in [0.15, 0.2) is 5.76 Å². The zero-order valence-corrected chi connectivity index (χ0v) is 15.1. The fraction of sp³-hybridized carbons (Fsp3) is 0.182. The molecule has 0 bridgehead atoms. The van der Waals surface area contributed by atoms with Crippen LogP contribution in [0.2, 0.25) is 0 Å². The Hall–Kier alpha value is -3.34. The lowest BCUT2D eigenvalue weighted by molar-refractivity contribution is -0.121. The number of carbonyl (C=O) groups excluding carboxylic acids is 2. The Balaban J connectivity index is 1.62. The second kappa shape index (κ2) is 8.85. The molecule has 0 aliphatic heterocycles. The molecular weight excluding hydrogens is 340 g/mol. The van der Waals surface area contributed by atoms with E-state index in [4.69, 9.17) is 4.42 Å². The van der Waals surface area contributed by atoms with Crippen molar-refractivity contribution < 1.29 is 14.0 Å². The van der Waals surface area contributed by atoms with Crippen molar-refractivity contribution in [2.24, 2.45) is 0 Å². The third kappa shape index (κ3) is 5.07. The minimum atomic E-state index is -0.328. The number of carbonyl (C=O) groups is 2. The fourth-order valence-corrected chi connectivity index (χ4v) is 2.78. The first-order valence-corrected chi connectivity index (χ1v) is 8.86. The summed E-state index contributed by atoms with van der Waals surface area (Å²) in [7, 11) is 0. The molecule has 138 valence electrons. The molecule has 2 aromatic carbocycles. The molecule has 5 heteroatoms. The van der Waals surface area contributed by atoms with Crippen molar-refractivity contribution in [1.82, 2.24) is 10.6 Å². The standard InChI is InChI=1S/C22H22N2O3/c1-16-9-11-18(12-10-16)21(17-6-3-2-4-7-17)24-20(25)13-14-23-22(26)19-8-5-15-27-19/h2-12,15,21H,13-14H2,1H3,(H,23,26)(H,24,25)/t21-/m1/s1. The van der Waals surface area contributed by atoms with Gasteiger partial charge in [0.1, 0.15) is 0 Å². The summed E-state index contributed by atoms with van der Waals surface area (Å²) in [6.45, 7) is 2.27. The Morgan fingerprint density at radius 3 is 2.30 bits per heavy atom. The van der Waals surface area contributed by atoms with E-state index in [-0.39, 0.29) is 36.6 Å². The third-order valence-corrected chi connectivity index (χ3v) is 4.23. The van der Waals surface area contributed by atoms with Gasteiger partial charge in [-0.25, -0.2) is 0 Å². The van der Waals surface area contributed by atoms with Gasteiger partial charge in [-0.15, -0.1) is 0 Å². The highest BCUT2D eigenvalue weighted by molar-refractivity contribution is 5.91. The van der Waals surface area contributed by atoms with Gasteiger partial charge in [-0.05, 0) is 30.2 Å². The predicted molar refractivity (Wildman–Crippen MR) is 103 cm³/mol. The molecule has 2 amide bonds. The molecule has 1 aromatic heterocycles. The van der Waals surface area contributed by atoms with Gasteiger partial charge in [0, 0.05) is 13.0 Å². The van der Waals surface area contributed by atoms with E-state index in [1.807, 2.05) is 61.5 Å². The normalized spacial score (nSPS) is 11.6. The number of rotatable bonds is 7. The Labute approximate surface area is 158 Å². The first-order valence-electron chi connectivity index (χ1n) is 8.86. The summed E-state index contributed by atoms with van der Waals surface area (Å²) in [4.78, 5) is 24.3. The average Bonchev–Trinajstić information content (AvgIpc) is 3.22. The molecule has 5 nitrogen and oxygen atoms in total. The third-order valence-electron chi connectivity index (χ3n) is 4.23. The summed E-state index contributed by atoms with van der Waals surface area (Å²) in [5, 5.41) is 5.75. The van der Waals surface area contributed by atoms with Crippen molar-refractivity contribution in [3.8, 4) is 0 Å². The molecule has 0 radical (unpaired) electrons. The largest absolute Gasteiger partial charge is 0.459 e. The van der Waals surface area contributed by atoms with Crippen molar-refractivity contribution in [1.29, 1.82) is 0 Å². The molecular formula is C22H22N2O3. The first kappa shape index (κ1) is 18.5. The second-order valence-electron chi connectivity index (χ2n) is 6.31. The van der Waals surface area contributed by atoms with Crippen LogP contribution in [0.25, 0.3) is 0 Å². The van der Waals surface area contributed by atoms with Gasteiger partial charge in [0.05, 0.1) is 12.3 Å². The Morgan fingerprint density at radius 1 is 0.926 bits per heavy atom.